The average molecular weight is 311 g/mol. The molecule has 1 aliphatic rings. The van der Waals surface area contributed by atoms with Gasteiger partial charge in [0.25, 0.3) is 0 Å². The monoisotopic (exact) mass is 310 g/mol. The molecular formula is C14H15ClN2O4. The van der Waals surface area contributed by atoms with Crippen LogP contribution in [0, 0.1) is 0 Å². The maximum Gasteiger partial charge on any atom is 0.190 e. The van der Waals surface area contributed by atoms with Crippen molar-refractivity contribution in [1.82, 2.24) is 4.90 Å². The van der Waals surface area contributed by atoms with Crippen LogP contribution in [0.25, 0.3) is 0 Å². The van der Waals surface area contributed by atoms with Crippen molar-refractivity contribution in [2.24, 2.45) is 0 Å². The molecule has 112 valence electrons. The van der Waals surface area contributed by atoms with E-state index in [1.54, 1.807) is 0 Å². The number of allylic oxidation sites excluding steroid dienone is 2. The summed E-state index contributed by atoms with van der Waals surface area (Å²) in [5.74, 6) is -2.04. The Kier molecular flexibility index (Phi) is 4.20. The fourth-order valence-electron chi connectivity index (χ4n) is 2.06. The van der Waals surface area contributed by atoms with Crippen molar-refractivity contribution >= 4 is 28.9 Å². The maximum absolute atomic E-state index is 11.9. The normalized spacial score (nSPS) is 13.7. The van der Waals surface area contributed by atoms with Gasteiger partial charge in [0.05, 0.1) is 11.1 Å². The van der Waals surface area contributed by atoms with Gasteiger partial charge < -0.3 is 20.4 Å². The number of phenols is 2. The Labute approximate surface area is 126 Å². The lowest BCUT2D eigenvalue weighted by molar-refractivity contribution is 0.0989. The van der Waals surface area contributed by atoms with Gasteiger partial charge in [0.15, 0.2) is 17.3 Å². The number of nitrogens with one attached hydrogen (secondary N) is 1. The molecule has 0 heterocycles. The Morgan fingerprint density at radius 2 is 1.62 bits per heavy atom. The molecule has 1 aliphatic carbocycles. The number of hydrogen-bond donors (Lipinski definition) is 3. The summed E-state index contributed by atoms with van der Waals surface area (Å²) in [5, 5.41) is 22.9. The second kappa shape index (κ2) is 5.75. The molecular weight excluding hydrogens is 296 g/mol. The fourth-order valence-corrected chi connectivity index (χ4v) is 2.31. The van der Waals surface area contributed by atoms with Crippen LogP contribution in [0.4, 0.5) is 5.69 Å². The van der Waals surface area contributed by atoms with E-state index in [-0.39, 0.29) is 21.8 Å². The first-order chi connectivity index (χ1) is 9.84. The number of carbonyl (C=O) groups excluding carboxylic acids is 2. The number of hydrogen-bond acceptors (Lipinski definition) is 6. The molecule has 0 fully saturated rings. The molecule has 0 spiro atoms. The molecule has 1 aromatic rings. The molecule has 0 saturated carbocycles. The highest BCUT2D eigenvalue weighted by molar-refractivity contribution is 6.37. The molecule has 7 heteroatoms. The van der Waals surface area contributed by atoms with Crippen LogP contribution in [0.2, 0.25) is 5.02 Å². The molecule has 0 atom stereocenters. The summed E-state index contributed by atoms with van der Waals surface area (Å²) >= 11 is 5.99. The number of carbonyl (C=O) groups is 2. The van der Waals surface area contributed by atoms with Crippen molar-refractivity contribution in [3.63, 3.8) is 0 Å². The Morgan fingerprint density at radius 3 is 2.14 bits per heavy atom. The predicted octanol–water partition coefficient (Wildman–Crippen LogP) is 1.66. The Balaban J connectivity index is 2.50. The summed E-state index contributed by atoms with van der Waals surface area (Å²) in [5.41, 5.74) is -0.439. The number of benzene rings is 1. The highest BCUT2D eigenvalue weighted by atomic mass is 35.5. The van der Waals surface area contributed by atoms with Gasteiger partial charge in [-0.15, -0.1) is 0 Å². The first-order valence-corrected chi connectivity index (χ1v) is 6.65. The van der Waals surface area contributed by atoms with E-state index in [1.165, 1.54) is 0 Å². The SMILES string of the molecule is CN(C)CCNc1c(O)c2c(c(O)c1Cl)C(=O)C=CC2=O. The molecule has 0 aromatic heterocycles. The summed E-state index contributed by atoms with van der Waals surface area (Å²) in [6.07, 6.45) is 2.10. The largest absolute Gasteiger partial charge is 0.505 e. The number of anilines is 1. The number of halogens is 1. The van der Waals surface area contributed by atoms with E-state index in [2.05, 4.69) is 5.32 Å². The van der Waals surface area contributed by atoms with Gasteiger partial charge >= 0.3 is 0 Å². The van der Waals surface area contributed by atoms with E-state index in [4.69, 9.17) is 11.6 Å². The summed E-state index contributed by atoms with van der Waals surface area (Å²) in [4.78, 5) is 25.5. The first kappa shape index (κ1) is 15.3. The van der Waals surface area contributed by atoms with Crippen LogP contribution in [0.5, 0.6) is 11.5 Å². The Hall–Kier alpha value is -2.05. The van der Waals surface area contributed by atoms with Crippen LogP contribution in [0.1, 0.15) is 20.7 Å². The van der Waals surface area contributed by atoms with Gasteiger partial charge in [0.2, 0.25) is 0 Å². The highest BCUT2D eigenvalue weighted by Crippen LogP contribution is 2.46. The zero-order valence-corrected chi connectivity index (χ0v) is 12.4. The van der Waals surface area contributed by atoms with E-state index < -0.39 is 23.1 Å². The van der Waals surface area contributed by atoms with Crippen molar-refractivity contribution < 1.29 is 19.8 Å². The molecule has 21 heavy (non-hydrogen) atoms. The smallest absolute Gasteiger partial charge is 0.190 e. The number of fused-ring (bicyclic) bond motifs is 1. The lowest BCUT2D eigenvalue weighted by Crippen LogP contribution is -2.21. The third-order valence-corrected chi connectivity index (χ3v) is 3.50. The van der Waals surface area contributed by atoms with E-state index >= 15 is 0 Å². The van der Waals surface area contributed by atoms with Crippen LogP contribution < -0.4 is 5.32 Å². The summed E-state index contributed by atoms with van der Waals surface area (Å²) in [6.45, 7) is 1.09. The highest BCUT2D eigenvalue weighted by Gasteiger charge is 2.31. The molecule has 0 radical (unpaired) electrons. The standard InChI is InChI=1S/C14H15ClN2O4/c1-17(2)6-5-16-12-11(15)13(20)9-7(18)3-4-8(19)10(9)14(12)21/h3-4,16,20-21H,5-6H2,1-2H3. The van der Waals surface area contributed by atoms with Crippen molar-refractivity contribution in [2.45, 2.75) is 0 Å². The minimum atomic E-state index is -0.570. The summed E-state index contributed by atoms with van der Waals surface area (Å²) in [7, 11) is 3.75. The lowest BCUT2D eigenvalue weighted by atomic mass is 9.92. The number of rotatable bonds is 4. The average Bonchev–Trinajstić information content (AvgIpc) is 2.42. The zero-order valence-electron chi connectivity index (χ0n) is 11.6. The van der Waals surface area contributed by atoms with E-state index in [9.17, 15) is 19.8 Å². The quantitative estimate of drug-likeness (QED) is 0.579. The van der Waals surface area contributed by atoms with Crippen LogP contribution >= 0.6 is 11.6 Å². The molecule has 1 aromatic carbocycles. The number of phenolic OH excluding ortho intramolecular Hbond substituents is 2. The van der Waals surface area contributed by atoms with Gasteiger partial charge in [0, 0.05) is 13.1 Å². The van der Waals surface area contributed by atoms with Crippen molar-refractivity contribution in [2.75, 3.05) is 32.5 Å². The third kappa shape index (κ3) is 2.72. The Morgan fingerprint density at radius 1 is 1.10 bits per heavy atom. The predicted molar refractivity (Wildman–Crippen MR) is 79.6 cm³/mol. The lowest BCUT2D eigenvalue weighted by Gasteiger charge is -2.19. The van der Waals surface area contributed by atoms with Gasteiger partial charge in [0.1, 0.15) is 16.5 Å². The van der Waals surface area contributed by atoms with E-state index in [1.807, 2.05) is 19.0 Å². The van der Waals surface area contributed by atoms with Crippen LogP contribution in [-0.2, 0) is 0 Å². The maximum atomic E-state index is 11.9. The minimum absolute atomic E-state index is 0.0474. The summed E-state index contributed by atoms with van der Waals surface area (Å²) in [6, 6.07) is 0. The van der Waals surface area contributed by atoms with Crippen LogP contribution in [0.15, 0.2) is 12.2 Å². The van der Waals surface area contributed by atoms with Crippen molar-refractivity contribution in [3.8, 4) is 11.5 Å². The molecule has 0 aliphatic heterocycles. The van der Waals surface area contributed by atoms with Gasteiger partial charge in [-0.2, -0.15) is 0 Å². The molecule has 0 bridgehead atoms. The number of ketones is 2. The van der Waals surface area contributed by atoms with Crippen molar-refractivity contribution in [1.29, 1.82) is 0 Å². The van der Waals surface area contributed by atoms with Gasteiger partial charge in [-0.05, 0) is 26.2 Å². The zero-order chi connectivity index (χ0) is 15.7. The second-order valence-electron chi connectivity index (χ2n) is 4.93. The number of nitrogens with zero attached hydrogens (tertiary/aromatic N) is 1. The molecule has 0 amide bonds. The van der Waals surface area contributed by atoms with Gasteiger partial charge in [-0.25, -0.2) is 0 Å². The third-order valence-electron chi connectivity index (χ3n) is 3.13. The van der Waals surface area contributed by atoms with Gasteiger partial charge in [-0.1, -0.05) is 11.6 Å². The summed E-state index contributed by atoms with van der Waals surface area (Å²) < 4.78 is 0. The van der Waals surface area contributed by atoms with Crippen molar-refractivity contribution in [3.05, 3.63) is 28.3 Å². The molecule has 6 nitrogen and oxygen atoms in total. The number of likely N-dealkylation sites (N-methyl/N-ethyl adjacent to an activating group) is 1. The minimum Gasteiger partial charge on any atom is -0.505 e. The Bertz CT molecular complexity index is 653. The number of aromatic hydroxyl groups is 2. The second-order valence-corrected chi connectivity index (χ2v) is 5.31. The molecule has 2 rings (SSSR count). The fraction of sp³-hybridized carbons (Fsp3) is 0.286. The van der Waals surface area contributed by atoms with E-state index in [0.29, 0.717) is 13.1 Å². The van der Waals surface area contributed by atoms with Crippen LogP contribution in [0.3, 0.4) is 0 Å². The first-order valence-electron chi connectivity index (χ1n) is 6.27. The van der Waals surface area contributed by atoms with Crippen LogP contribution in [-0.4, -0.2) is 53.9 Å². The molecule has 0 saturated heterocycles. The molecule has 3 N–H and O–H groups in total. The topological polar surface area (TPSA) is 89.9 Å². The van der Waals surface area contributed by atoms with Gasteiger partial charge in [-0.3, -0.25) is 9.59 Å². The van der Waals surface area contributed by atoms with E-state index in [0.717, 1.165) is 12.2 Å². The molecule has 0 unspecified atom stereocenters.